The van der Waals surface area contributed by atoms with Crippen LogP contribution in [0.2, 0.25) is 0 Å². The summed E-state index contributed by atoms with van der Waals surface area (Å²) in [7, 11) is 5.33. The lowest BCUT2D eigenvalue weighted by Crippen LogP contribution is -2.34. The Morgan fingerprint density at radius 3 is 2.67 bits per heavy atom. The van der Waals surface area contributed by atoms with Gasteiger partial charge in [0.15, 0.2) is 0 Å². The smallest absolute Gasteiger partial charge is 0.228 e. The maximum absolute atomic E-state index is 5.78. The average Bonchev–Trinajstić information content (AvgIpc) is 2.97. The third-order valence-electron chi connectivity index (χ3n) is 4.55. The molecule has 6 heteroatoms. The number of aromatic nitrogens is 2. The van der Waals surface area contributed by atoms with Gasteiger partial charge in [-0.2, -0.15) is 4.98 Å². The Morgan fingerprint density at radius 1 is 1.38 bits per heavy atom. The van der Waals surface area contributed by atoms with Gasteiger partial charge in [0.2, 0.25) is 11.7 Å². The van der Waals surface area contributed by atoms with Crippen molar-refractivity contribution in [2.24, 2.45) is 5.92 Å². The number of rotatable bonds is 7. The predicted molar refractivity (Wildman–Crippen MR) is 79.0 cm³/mol. The molecular weight excluding hydrogens is 270 g/mol. The second kappa shape index (κ2) is 7.33. The van der Waals surface area contributed by atoms with Crippen molar-refractivity contribution in [3.05, 3.63) is 11.7 Å². The molecule has 0 amide bonds. The fourth-order valence-electron chi connectivity index (χ4n) is 2.93. The molecule has 1 fully saturated rings. The molecule has 1 atom stereocenters. The van der Waals surface area contributed by atoms with Crippen LogP contribution in [0.1, 0.15) is 44.3 Å². The monoisotopic (exact) mass is 297 g/mol. The van der Waals surface area contributed by atoms with E-state index in [0.717, 1.165) is 31.6 Å². The third kappa shape index (κ3) is 3.81. The zero-order chi connectivity index (χ0) is 15.3. The molecule has 1 N–H and O–H groups in total. The van der Waals surface area contributed by atoms with Crippen LogP contribution in [0.15, 0.2) is 4.52 Å². The van der Waals surface area contributed by atoms with E-state index >= 15 is 0 Å². The molecule has 1 saturated carbocycles. The van der Waals surface area contributed by atoms with Crippen molar-refractivity contribution >= 4 is 0 Å². The molecule has 1 heterocycles. The zero-order valence-corrected chi connectivity index (χ0v) is 13.5. The highest BCUT2D eigenvalue weighted by atomic mass is 16.5. The third-order valence-corrected chi connectivity index (χ3v) is 4.55. The number of likely N-dealkylation sites (N-methyl/N-ethyl adjacent to an activating group) is 1. The summed E-state index contributed by atoms with van der Waals surface area (Å²) >= 11 is 0. The minimum atomic E-state index is -0.370. The summed E-state index contributed by atoms with van der Waals surface area (Å²) < 4.78 is 16.4. The molecule has 6 nitrogen and oxygen atoms in total. The Kier molecular flexibility index (Phi) is 5.72. The predicted octanol–water partition coefficient (Wildman–Crippen LogP) is 1.90. The fourth-order valence-corrected chi connectivity index (χ4v) is 2.93. The summed E-state index contributed by atoms with van der Waals surface area (Å²) in [5, 5.41) is 7.36. The number of ether oxygens (including phenoxy) is 2. The van der Waals surface area contributed by atoms with Crippen molar-refractivity contribution in [1.29, 1.82) is 0 Å². The maximum Gasteiger partial charge on any atom is 0.228 e. The Balaban J connectivity index is 2.07. The van der Waals surface area contributed by atoms with Gasteiger partial charge in [-0.3, -0.25) is 0 Å². The van der Waals surface area contributed by atoms with E-state index in [1.165, 1.54) is 0 Å². The van der Waals surface area contributed by atoms with E-state index in [1.54, 1.807) is 14.2 Å². The van der Waals surface area contributed by atoms with Crippen LogP contribution in [-0.4, -0.2) is 44.1 Å². The standard InChI is InChI=1S/C15H27N3O3/c1-11-5-7-15(20-4,8-6-11)14-17-13(21-18-14)9-12(16-2)10-19-3/h11-12,16H,5-10H2,1-4H3. The largest absolute Gasteiger partial charge is 0.383 e. The first-order valence-corrected chi connectivity index (χ1v) is 7.68. The van der Waals surface area contributed by atoms with Crippen molar-refractivity contribution in [2.45, 2.75) is 50.7 Å². The molecule has 0 saturated heterocycles. The van der Waals surface area contributed by atoms with Crippen molar-refractivity contribution in [3.63, 3.8) is 0 Å². The van der Waals surface area contributed by atoms with E-state index in [-0.39, 0.29) is 11.6 Å². The molecule has 0 spiro atoms. The molecule has 0 radical (unpaired) electrons. The van der Waals surface area contributed by atoms with Crippen LogP contribution < -0.4 is 5.32 Å². The molecule has 0 aromatic carbocycles. The van der Waals surface area contributed by atoms with E-state index in [4.69, 9.17) is 14.0 Å². The second-order valence-electron chi connectivity index (χ2n) is 6.04. The highest BCUT2D eigenvalue weighted by molar-refractivity contribution is 5.04. The number of hydrogen-bond donors (Lipinski definition) is 1. The number of methoxy groups -OCH3 is 2. The normalized spacial score (nSPS) is 27.7. The summed E-state index contributed by atoms with van der Waals surface area (Å²) in [5.41, 5.74) is -0.370. The second-order valence-corrected chi connectivity index (χ2v) is 6.04. The molecule has 1 unspecified atom stereocenters. The Hall–Kier alpha value is -0.980. The van der Waals surface area contributed by atoms with Gasteiger partial charge in [-0.1, -0.05) is 12.1 Å². The Bertz CT molecular complexity index is 428. The fraction of sp³-hybridized carbons (Fsp3) is 0.867. The van der Waals surface area contributed by atoms with Crippen molar-refractivity contribution in [1.82, 2.24) is 15.5 Å². The molecule has 1 aliphatic rings. The van der Waals surface area contributed by atoms with Gasteiger partial charge >= 0.3 is 0 Å². The molecular formula is C15H27N3O3. The summed E-state index contributed by atoms with van der Waals surface area (Å²) in [6.45, 7) is 2.89. The van der Waals surface area contributed by atoms with Crippen molar-refractivity contribution in [3.8, 4) is 0 Å². The quantitative estimate of drug-likeness (QED) is 0.829. The van der Waals surface area contributed by atoms with Gasteiger partial charge in [0.25, 0.3) is 0 Å². The van der Waals surface area contributed by atoms with Crippen molar-refractivity contribution < 1.29 is 14.0 Å². The van der Waals surface area contributed by atoms with Gasteiger partial charge in [-0.15, -0.1) is 0 Å². The van der Waals surface area contributed by atoms with Crippen LogP contribution in [0, 0.1) is 5.92 Å². The van der Waals surface area contributed by atoms with Crippen molar-refractivity contribution in [2.75, 3.05) is 27.9 Å². The molecule has 2 rings (SSSR count). The molecule has 21 heavy (non-hydrogen) atoms. The number of hydrogen-bond acceptors (Lipinski definition) is 6. The first-order chi connectivity index (χ1) is 10.1. The van der Waals surface area contributed by atoms with E-state index < -0.39 is 0 Å². The topological polar surface area (TPSA) is 69.4 Å². The molecule has 0 aliphatic heterocycles. The molecule has 120 valence electrons. The van der Waals surface area contributed by atoms with Crippen LogP contribution in [0.4, 0.5) is 0 Å². The van der Waals surface area contributed by atoms with Gasteiger partial charge in [-0.05, 0) is 38.6 Å². The van der Waals surface area contributed by atoms with E-state index in [0.29, 0.717) is 24.7 Å². The molecule has 1 aromatic rings. The Morgan fingerprint density at radius 2 is 2.10 bits per heavy atom. The van der Waals surface area contributed by atoms with E-state index in [2.05, 4.69) is 22.4 Å². The molecule has 1 aliphatic carbocycles. The van der Waals surface area contributed by atoms with Crippen LogP contribution in [-0.2, 0) is 21.5 Å². The van der Waals surface area contributed by atoms with Crippen LogP contribution in [0.3, 0.4) is 0 Å². The molecule has 1 aromatic heterocycles. The highest BCUT2D eigenvalue weighted by Gasteiger charge is 2.40. The van der Waals surface area contributed by atoms with Gasteiger partial charge < -0.3 is 19.3 Å². The minimum Gasteiger partial charge on any atom is -0.383 e. The van der Waals surface area contributed by atoms with Crippen LogP contribution >= 0.6 is 0 Å². The number of nitrogens with zero attached hydrogens (tertiary/aromatic N) is 2. The summed E-state index contributed by atoms with van der Waals surface area (Å²) in [4.78, 5) is 4.57. The molecule has 0 bridgehead atoms. The summed E-state index contributed by atoms with van der Waals surface area (Å²) in [6, 6.07) is 0.174. The van der Waals surface area contributed by atoms with Gasteiger partial charge in [-0.25, -0.2) is 0 Å². The SMILES string of the molecule is CNC(COC)Cc1nc(C2(OC)CCC(C)CC2)no1. The van der Waals surface area contributed by atoms with Crippen LogP contribution in [0.25, 0.3) is 0 Å². The Labute approximate surface area is 126 Å². The number of nitrogens with one attached hydrogen (secondary N) is 1. The van der Waals surface area contributed by atoms with E-state index in [1.807, 2.05) is 7.05 Å². The minimum absolute atomic E-state index is 0.174. The zero-order valence-electron chi connectivity index (χ0n) is 13.5. The van der Waals surface area contributed by atoms with Gasteiger partial charge in [0.1, 0.15) is 5.60 Å². The lowest BCUT2D eigenvalue weighted by Gasteiger charge is -2.35. The highest BCUT2D eigenvalue weighted by Crippen LogP contribution is 2.40. The lowest BCUT2D eigenvalue weighted by atomic mass is 9.79. The summed E-state index contributed by atoms with van der Waals surface area (Å²) in [5.74, 6) is 2.07. The summed E-state index contributed by atoms with van der Waals surface area (Å²) in [6.07, 6.45) is 4.85. The van der Waals surface area contributed by atoms with E-state index in [9.17, 15) is 0 Å². The van der Waals surface area contributed by atoms with Gasteiger partial charge in [0.05, 0.1) is 6.61 Å². The van der Waals surface area contributed by atoms with Gasteiger partial charge in [0, 0.05) is 26.7 Å². The maximum atomic E-state index is 5.78. The average molecular weight is 297 g/mol. The lowest BCUT2D eigenvalue weighted by molar-refractivity contribution is -0.0609. The first kappa shape index (κ1) is 16.4. The first-order valence-electron chi connectivity index (χ1n) is 7.68. The van der Waals surface area contributed by atoms with Crippen LogP contribution in [0.5, 0.6) is 0 Å².